The van der Waals surface area contributed by atoms with E-state index >= 15 is 0 Å². The van der Waals surface area contributed by atoms with Crippen LogP contribution in [0.2, 0.25) is 0 Å². The highest BCUT2D eigenvalue weighted by Crippen LogP contribution is 2.30. The summed E-state index contributed by atoms with van der Waals surface area (Å²) in [6, 6.07) is 0. The Balaban J connectivity index is 2.06. The number of ether oxygens (including phenoxy) is 1. The van der Waals surface area contributed by atoms with Crippen LogP contribution in [0.15, 0.2) is 36.5 Å². The molecule has 0 spiro atoms. The molecule has 1 saturated heterocycles. The van der Waals surface area contributed by atoms with Crippen LogP contribution in [0.3, 0.4) is 0 Å². The van der Waals surface area contributed by atoms with Crippen LogP contribution in [0.1, 0.15) is 85.0 Å². The monoisotopic (exact) mass is 392 g/mol. The van der Waals surface area contributed by atoms with Crippen molar-refractivity contribution in [1.29, 1.82) is 0 Å². The lowest BCUT2D eigenvalue weighted by atomic mass is 9.87. The number of unbranched alkanes of at least 4 members (excludes halogenated alkanes) is 4. The standard InChI is InChI=1S/C24H40O4/c1-4-5-6-7-8-9-10-11-12-15-20(25)17-18-22-21(28-22)16-13-14-19-24(2,3)23(26)27/h8-9,11-12,17-18,20-22,25H,4-7,10,13-16,19H2,1-3H3,(H,26,27)/b9-8-,12-11-,18-17+. The first-order chi connectivity index (χ1) is 13.4. The molecule has 0 saturated carbocycles. The second-order valence-electron chi connectivity index (χ2n) is 8.44. The topological polar surface area (TPSA) is 70.1 Å². The number of hydrogen-bond acceptors (Lipinski definition) is 3. The predicted octanol–water partition coefficient (Wildman–Crippen LogP) is 5.82. The lowest BCUT2D eigenvalue weighted by molar-refractivity contribution is -0.147. The Morgan fingerprint density at radius 2 is 1.86 bits per heavy atom. The highest BCUT2D eigenvalue weighted by Gasteiger charge is 2.36. The minimum Gasteiger partial charge on any atom is -0.481 e. The van der Waals surface area contributed by atoms with Gasteiger partial charge in [-0.3, -0.25) is 4.79 Å². The summed E-state index contributed by atoms with van der Waals surface area (Å²) in [7, 11) is 0. The number of carbonyl (C=O) groups is 1. The van der Waals surface area contributed by atoms with Crippen molar-refractivity contribution in [2.24, 2.45) is 5.41 Å². The van der Waals surface area contributed by atoms with Gasteiger partial charge in [0.1, 0.15) is 6.10 Å². The Kier molecular flexibility index (Phi) is 12.1. The molecule has 0 bridgehead atoms. The van der Waals surface area contributed by atoms with Crippen LogP contribution < -0.4 is 0 Å². The van der Waals surface area contributed by atoms with Gasteiger partial charge in [-0.1, -0.05) is 69.1 Å². The fourth-order valence-electron chi connectivity index (χ4n) is 3.03. The van der Waals surface area contributed by atoms with Gasteiger partial charge in [0.05, 0.1) is 17.6 Å². The van der Waals surface area contributed by atoms with E-state index in [-0.39, 0.29) is 12.2 Å². The number of aliphatic carboxylic acids is 1. The third kappa shape index (κ3) is 11.5. The van der Waals surface area contributed by atoms with Gasteiger partial charge in [-0.05, 0) is 52.4 Å². The molecule has 1 rings (SSSR count). The molecular formula is C24H40O4. The quantitative estimate of drug-likeness (QED) is 0.197. The molecule has 1 fully saturated rings. The van der Waals surface area contributed by atoms with E-state index in [9.17, 15) is 9.90 Å². The highest BCUT2D eigenvalue weighted by molar-refractivity contribution is 5.73. The van der Waals surface area contributed by atoms with Crippen LogP contribution in [0.4, 0.5) is 0 Å². The van der Waals surface area contributed by atoms with E-state index < -0.39 is 17.5 Å². The van der Waals surface area contributed by atoms with Gasteiger partial charge in [0.15, 0.2) is 0 Å². The first kappa shape index (κ1) is 24.6. The number of carboxylic acids is 1. The summed E-state index contributed by atoms with van der Waals surface area (Å²) in [5.74, 6) is -0.734. The summed E-state index contributed by atoms with van der Waals surface area (Å²) >= 11 is 0. The van der Waals surface area contributed by atoms with Gasteiger partial charge in [0, 0.05) is 0 Å². The molecule has 1 aliphatic heterocycles. The fourth-order valence-corrected chi connectivity index (χ4v) is 3.03. The van der Waals surface area contributed by atoms with Crippen molar-refractivity contribution in [3.8, 4) is 0 Å². The molecule has 3 atom stereocenters. The van der Waals surface area contributed by atoms with Gasteiger partial charge in [0.25, 0.3) is 0 Å². The van der Waals surface area contributed by atoms with Gasteiger partial charge in [0.2, 0.25) is 0 Å². The van der Waals surface area contributed by atoms with Crippen molar-refractivity contribution in [3.63, 3.8) is 0 Å². The van der Waals surface area contributed by atoms with E-state index in [1.165, 1.54) is 19.3 Å². The molecule has 0 aromatic carbocycles. The lowest BCUT2D eigenvalue weighted by Gasteiger charge is -2.18. The summed E-state index contributed by atoms with van der Waals surface area (Å²) in [5.41, 5.74) is -0.647. The second-order valence-corrected chi connectivity index (χ2v) is 8.44. The van der Waals surface area contributed by atoms with Gasteiger partial charge in [-0.15, -0.1) is 0 Å². The van der Waals surface area contributed by atoms with Gasteiger partial charge < -0.3 is 14.9 Å². The molecule has 0 radical (unpaired) electrons. The summed E-state index contributed by atoms with van der Waals surface area (Å²) in [4.78, 5) is 11.1. The zero-order valence-corrected chi connectivity index (χ0v) is 18.0. The summed E-state index contributed by atoms with van der Waals surface area (Å²) in [6.45, 7) is 5.76. The van der Waals surface area contributed by atoms with Gasteiger partial charge in [-0.25, -0.2) is 0 Å². The van der Waals surface area contributed by atoms with Crippen LogP contribution in [-0.4, -0.2) is 34.5 Å². The summed E-state index contributed by atoms with van der Waals surface area (Å²) < 4.78 is 5.60. The smallest absolute Gasteiger partial charge is 0.309 e. The van der Waals surface area contributed by atoms with E-state index in [1.54, 1.807) is 13.8 Å². The third-order valence-electron chi connectivity index (χ3n) is 5.22. The Morgan fingerprint density at radius 3 is 2.57 bits per heavy atom. The average molecular weight is 393 g/mol. The number of aliphatic hydroxyl groups excluding tert-OH is 1. The Bertz CT molecular complexity index is 519. The number of carboxylic acid groups (broad SMARTS) is 1. The largest absolute Gasteiger partial charge is 0.481 e. The van der Waals surface area contributed by atoms with E-state index in [4.69, 9.17) is 9.84 Å². The van der Waals surface area contributed by atoms with Crippen molar-refractivity contribution in [2.45, 2.75) is 103 Å². The molecule has 4 heteroatoms. The van der Waals surface area contributed by atoms with Crippen LogP contribution >= 0.6 is 0 Å². The van der Waals surface area contributed by atoms with E-state index in [2.05, 4.69) is 25.2 Å². The number of epoxide rings is 1. The lowest BCUT2D eigenvalue weighted by Crippen LogP contribution is -2.23. The maximum absolute atomic E-state index is 11.1. The molecule has 28 heavy (non-hydrogen) atoms. The molecule has 3 unspecified atom stereocenters. The molecule has 0 aromatic rings. The highest BCUT2D eigenvalue weighted by atomic mass is 16.6. The van der Waals surface area contributed by atoms with Crippen LogP contribution in [0.5, 0.6) is 0 Å². The number of aliphatic hydroxyl groups is 1. The normalized spacial score (nSPS) is 21.1. The minimum absolute atomic E-state index is 0.108. The molecule has 0 aliphatic carbocycles. The molecule has 2 N–H and O–H groups in total. The first-order valence-corrected chi connectivity index (χ1v) is 10.9. The van der Waals surface area contributed by atoms with Crippen molar-refractivity contribution >= 4 is 5.97 Å². The molecule has 4 nitrogen and oxygen atoms in total. The summed E-state index contributed by atoms with van der Waals surface area (Å²) in [6.07, 6.45) is 22.3. The first-order valence-electron chi connectivity index (χ1n) is 10.9. The Labute approximate surface area is 171 Å². The minimum atomic E-state index is -0.734. The van der Waals surface area contributed by atoms with Crippen molar-refractivity contribution in [3.05, 3.63) is 36.5 Å². The Morgan fingerprint density at radius 1 is 1.11 bits per heavy atom. The van der Waals surface area contributed by atoms with E-state index in [0.29, 0.717) is 12.8 Å². The molecule has 0 amide bonds. The van der Waals surface area contributed by atoms with Gasteiger partial charge >= 0.3 is 5.97 Å². The van der Waals surface area contributed by atoms with Crippen LogP contribution in [0.25, 0.3) is 0 Å². The molecular weight excluding hydrogens is 352 g/mol. The van der Waals surface area contributed by atoms with Gasteiger partial charge in [-0.2, -0.15) is 0 Å². The SMILES string of the molecule is CCCCC/C=C\C/C=C\CC(O)/C=C/C1OC1CCCCC(C)(C)C(=O)O. The third-order valence-corrected chi connectivity index (χ3v) is 5.22. The van der Waals surface area contributed by atoms with Crippen molar-refractivity contribution in [1.82, 2.24) is 0 Å². The molecule has 0 aromatic heterocycles. The predicted molar refractivity (Wildman–Crippen MR) is 115 cm³/mol. The second kappa shape index (κ2) is 13.7. The van der Waals surface area contributed by atoms with Crippen molar-refractivity contribution < 1.29 is 19.7 Å². The van der Waals surface area contributed by atoms with E-state index in [0.717, 1.165) is 32.1 Å². The average Bonchev–Trinajstić information content (AvgIpc) is 3.40. The maximum Gasteiger partial charge on any atom is 0.309 e. The number of hydrogen-bond donors (Lipinski definition) is 2. The zero-order chi connectivity index (χ0) is 20.8. The number of allylic oxidation sites excluding steroid dienone is 3. The van der Waals surface area contributed by atoms with Crippen molar-refractivity contribution in [2.75, 3.05) is 0 Å². The number of rotatable bonds is 16. The molecule has 1 heterocycles. The molecule has 1 aliphatic rings. The fraction of sp³-hybridized carbons (Fsp3) is 0.708. The maximum atomic E-state index is 11.1. The Hall–Kier alpha value is -1.39. The zero-order valence-electron chi connectivity index (χ0n) is 18.0. The summed E-state index contributed by atoms with van der Waals surface area (Å²) in [5, 5.41) is 19.1. The van der Waals surface area contributed by atoms with Crippen LogP contribution in [-0.2, 0) is 9.53 Å². The van der Waals surface area contributed by atoms with Crippen LogP contribution in [0, 0.1) is 5.41 Å². The molecule has 160 valence electrons. The van der Waals surface area contributed by atoms with E-state index in [1.807, 2.05) is 18.2 Å².